The van der Waals surface area contributed by atoms with E-state index in [1.165, 1.54) is 16.8 Å². The number of alkyl halides is 2. The summed E-state index contributed by atoms with van der Waals surface area (Å²) in [5, 5.41) is 7.02. The molecule has 0 bridgehead atoms. The molecule has 8 heteroatoms. The first-order chi connectivity index (χ1) is 13.3. The van der Waals surface area contributed by atoms with E-state index in [0.29, 0.717) is 23.1 Å². The molecule has 3 aromatic rings. The van der Waals surface area contributed by atoms with Crippen LogP contribution in [0, 0.1) is 6.92 Å². The van der Waals surface area contributed by atoms with Gasteiger partial charge in [0.1, 0.15) is 11.6 Å². The number of amides is 1. The van der Waals surface area contributed by atoms with Crippen molar-refractivity contribution in [2.75, 3.05) is 5.32 Å². The minimum Gasteiger partial charge on any atom is -0.435 e. The molecule has 0 aliphatic rings. The Bertz CT molecular complexity index is 969. The lowest BCUT2D eigenvalue weighted by atomic mass is 10.0. The molecule has 0 spiro atoms. The second-order valence-corrected chi connectivity index (χ2v) is 6.50. The van der Waals surface area contributed by atoms with Gasteiger partial charge in [-0.1, -0.05) is 26.0 Å². The number of anilines is 1. The van der Waals surface area contributed by atoms with E-state index in [9.17, 15) is 13.6 Å². The Kier molecular flexibility index (Phi) is 5.67. The zero-order valence-corrected chi connectivity index (χ0v) is 15.7. The summed E-state index contributed by atoms with van der Waals surface area (Å²) >= 11 is 0. The Morgan fingerprint density at radius 1 is 1.14 bits per heavy atom. The van der Waals surface area contributed by atoms with E-state index < -0.39 is 12.5 Å². The molecule has 0 aliphatic heterocycles. The first-order valence-electron chi connectivity index (χ1n) is 8.73. The third kappa shape index (κ3) is 4.51. The molecule has 6 nitrogen and oxygen atoms in total. The molecule has 0 saturated carbocycles. The van der Waals surface area contributed by atoms with Gasteiger partial charge in [-0.2, -0.15) is 8.78 Å². The van der Waals surface area contributed by atoms with Crippen molar-refractivity contribution in [3.8, 4) is 11.4 Å². The van der Waals surface area contributed by atoms with Crippen molar-refractivity contribution < 1.29 is 18.3 Å². The van der Waals surface area contributed by atoms with Gasteiger partial charge in [-0.15, -0.1) is 5.10 Å². The first-order valence-corrected chi connectivity index (χ1v) is 8.73. The maximum Gasteiger partial charge on any atom is 0.387 e. The summed E-state index contributed by atoms with van der Waals surface area (Å²) in [5.41, 5.74) is 2.35. The molecule has 1 aromatic heterocycles. The SMILES string of the molecule is Cc1nc(C(=O)Nc2cccc(C(C)C)c2)nn1-c1ccc(OC(F)F)cc1. The molecule has 0 unspecified atom stereocenters. The average molecular weight is 386 g/mol. The molecule has 146 valence electrons. The summed E-state index contributed by atoms with van der Waals surface area (Å²) in [6.45, 7) is 2.96. The highest BCUT2D eigenvalue weighted by molar-refractivity contribution is 6.01. The highest BCUT2D eigenvalue weighted by Gasteiger charge is 2.16. The summed E-state index contributed by atoms with van der Waals surface area (Å²) in [6, 6.07) is 13.5. The molecule has 2 aromatic carbocycles. The number of aromatic nitrogens is 3. The van der Waals surface area contributed by atoms with Gasteiger partial charge < -0.3 is 10.1 Å². The van der Waals surface area contributed by atoms with Crippen LogP contribution in [0.5, 0.6) is 5.75 Å². The van der Waals surface area contributed by atoms with Gasteiger partial charge in [0.25, 0.3) is 5.91 Å². The Labute approximate surface area is 161 Å². The van der Waals surface area contributed by atoms with E-state index in [4.69, 9.17) is 0 Å². The topological polar surface area (TPSA) is 69.0 Å². The first kappa shape index (κ1) is 19.5. The Morgan fingerprint density at radius 2 is 1.86 bits per heavy atom. The van der Waals surface area contributed by atoms with Crippen molar-refractivity contribution in [3.05, 3.63) is 65.7 Å². The Balaban J connectivity index is 1.78. The largest absolute Gasteiger partial charge is 0.435 e. The fourth-order valence-corrected chi connectivity index (χ4v) is 2.66. The molecule has 0 saturated heterocycles. The summed E-state index contributed by atoms with van der Waals surface area (Å²) < 4.78 is 30.3. The van der Waals surface area contributed by atoms with Gasteiger partial charge in [0.15, 0.2) is 0 Å². The smallest absolute Gasteiger partial charge is 0.387 e. The summed E-state index contributed by atoms with van der Waals surface area (Å²) in [6.07, 6.45) is 0. The van der Waals surface area contributed by atoms with Crippen LogP contribution in [0.4, 0.5) is 14.5 Å². The van der Waals surface area contributed by atoms with Crippen LogP contribution < -0.4 is 10.1 Å². The molecular formula is C20H20F2N4O2. The van der Waals surface area contributed by atoms with Crippen LogP contribution >= 0.6 is 0 Å². The number of hydrogen-bond acceptors (Lipinski definition) is 4. The van der Waals surface area contributed by atoms with Crippen molar-refractivity contribution in [1.82, 2.24) is 14.8 Å². The van der Waals surface area contributed by atoms with E-state index in [1.54, 1.807) is 25.1 Å². The van der Waals surface area contributed by atoms with Crippen LogP contribution in [0.25, 0.3) is 5.69 Å². The molecule has 0 atom stereocenters. The van der Waals surface area contributed by atoms with Crippen molar-refractivity contribution in [2.45, 2.75) is 33.3 Å². The van der Waals surface area contributed by atoms with Gasteiger partial charge in [-0.05, 0) is 54.8 Å². The zero-order valence-electron chi connectivity index (χ0n) is 15.7. The second-order valence-electron chi connectivity index (χ2n) is 6.50. The van der Waals surface area contributed by atoms with Crippen LogP contribution in [0.1, 0.15) is 41.8 Å². The summed E-state index contributed by atoms with van der Waals surface area (Å²) in [5.74, 6) is 0.456. The number of carbonyl (C=O) groups is 1. The van der Waals surface area contributed by atoms with Crippen LogP contribution in [0.2, 0.25) is 0 Å². The third-order valence-electron chi connectivity index (χ3n) is 4.09. The van der Waals surface area contributed by atoms with E-state index in [0.717, 1.165) is 5.56 Å². The number of carbonyl (C=O) groups excluding carboxylic acids is 1. The quantitative estimate of drug-likeness (QED) is 0.675. The predicted molar refractivity (Wildman–Crippen MR) is 101 cm³/mol. The Morgan fingerprint density at radius 3 is 2.50 bits per heavy atom. The highest BCUT2D eigenvalue weighted by Crippen LogP contribution is 2.20. The maximum atomic E-state index is 12.5. The van der Waals surface area contributed by atoms with Crippen molar-refractivity contribution in [1.29, 1.82) is 0 Å². The standard InChI is InChI=1S/C20H20F2N4O2/c1-12(2)14-5-4-6-15(11-14)24-19(27)18-23-13(3)26(25-18)16-7-9-17(10-8-16)28-20(21)22/h4-12,20H,1-3H3,(H,24,27). The number of nitrogens with zero attached hydrogens (tertiary/aromatic N) is 3. The Hall–Kier alpha value is -3.29. The summed E-state index contributed by atoms with van der Waals surface area (Å²) in [7, 11) is 0. The number of nitrogens with one attached hydrogen (secondary N) is 1. The monoisotopic (exact) mass is 386 g/mol. The van der Waals surface area contributed by atoms with Gasteiger partial charge in [-0.25, -0.2) is 9.67 Å². The molecule has 1 N–H and O–H groups in total. The van der Waals surface area contributed by atoms with Crippen molar-refractivity contribution in [2.24, 2.45) is 0 Å². The molecular weight excluding hydrogens is 366 g/mol. The number of halogens is 2. The number of rotatable bonds is 6. The van der Waals surface area contributed by atoms with Crippen LogP contribution in [-0.2, 0) is 0 Å². The fraction of sp³-hybridized carbons (Fsp3) is 0.250. The lowest BCUT2D eigenvalue weighted by Gasteiger charge is -2.08. The average Bonchev–Trinajstić information content (AvgIpc) is 3.04. The minimum atomic E-state index is -2.89. The van der Waals surface area contributed by atoms with Crippen LogP contribution in [0.3, 0.4) is 0 Å². The van der Waals surface area contributed by atoms with Gasteiger partial charge in [0, 0.05) is 5.69 Å². The normalized spacial score (nSPS) is 11.1. The molecule has 0 radical (unpaired) electrons. The van der Waals surface area contributed by atoms with Crippen LogP contribution in [-0.4, -0.2) is 27.3 Å². The number of ether oxygens (including phenoxy) is 1. The van der Waals surface area contributed by atoms with Crippen LogP contribution in [0.15, 0.2) is 48.5 Å². The van der Waals surface area contributed by atoms with Crippen molar-refractivity contribution >= 4 is 11.6 Å². The predicted octanol–water partition coefficient (Wildman–Crippen LogP) is 4.55. The highest BCUT2D eigenvalue weighted by atomic mass is 19.3. The maximum absolute atomic E-state index is 12.5. The summed E-state index contributed by atoms with van der Waals surface area (Å²) in [4.78, 5) is 16.7. The minimum absolute atomic E-state index is 0.0142. The molecule has 28 heavy (non-hydrogen) atoms. The van der Waals surface area contributed by atoms with E-state index >= 15 is 0 Å². The molecule has 3 rings (SSSR count). The molecule has 0 aliphatic carbocycles. The molecule has 1 amide bonds. The van der Waals surface area contributed by atoms with E-state index in [2.05, 4.69) is 34.0 Å². The van der Waals surface area contributed by atoms with Gasteiger partial charge in [0.05, 0.1) is 5.69 Å². The van der Waals surface area contributed by atoms with E-state index in [1.807, 2.05) is 18.2 Å². The van der Waals surface area contributed by atoms with Gasteiger partial charge in [0.2, 0.25) is 5.82 Å². The number of hydrogen-bond donors (Lipinski definition) is 1. The molecule has 1 heterocycles. The molecule has 0 fully saturated rings. The fourth-order valence-electron chi connectivity index (χ4n) is 2.66. The third-order valence-corrected chi connectivity index (χ3v) is 4.09. The number of benzene rings is 2. The van der Waals surface area contributed by atoms with E-state index in [-0.39, 0.29) is 11.6 Å². The van der Waals surface area contributed by atoms with Crippen molar-refractivity contribution in [3.63, 3.8) is 0 Å². The second kappa shape index (κ2) is 8.16. The van der Waals surface area contributed by atoms with Gasteiger partial charge in [-0.3, -0.25) is 4.79 Å². The zero-order chi connectivity index (χ0) is 20.3. The number of aryl methyl sites for hydroxylation is 1. The lowest BCUT2D eigenvalue weighted by Crippen LogP contribution is -2.14. The lowest BCUT2D eigenvalue weighted by molar-refractivity contribution is -0.0498. The van der Waals surface area contributed by atoms with Gasteiger partial charge >= 0.3 is 6.61 Å².